The predicted octanol–water partition coefficient (Wildman–Crippen LogP) is 2.43. The van der Waals surface area contributed by atoms with Gasteiger partial charge in [0, 0.05) is 25.3 Å². The molecular formula is C16H28N4. The van der Waals surface area contributed by atoms with Crippen molar-refractivity contribution in [1.29, 1.82) is 0 Å². The molecule has 0 aliphatic carbocycles. The fourth-order valence-electron chi connectivity index (χ4n) is 2.78. The normalized spacial score (nSPS) is 17.6. The number of anilines is 1. The van der Waals surface area contributed by atoms with E-state index in [1.54, 1.807) is 0 Å². The smallest absolute Gasteiger partial charge is 0.126 e. The van der Waals surface area contributed by atoms with E-state index in [1.165, 1.54) is 31.5 Å². The number of pyridine rings is 1. The summed E-state index contributed by atoms with van der Waals surface area (Å²) in [4.78, 5) is 9.28. The Hall–Kier alpha value is -1.13. The number of piperidine rings is 1. The molecule has 0 amide bonds. The van der Waals surface area contributed by atoms with E-state index in [1.807, 2.05) is 6.20 Å². The lowest BCUT2D eigenvalue weighted by molar-refractivity contribution is 0.139. The maximum Gasteiger partial charge on any atom is 0.126 e. The van der Waals surface area contributed by atoms with Gasteiger partial charge in [0.15, 0.2) is 0 Å². The second-order valence-electron chi connectivity index (χ2n) is 5.93. The van der Waals surface area contributed by atoms with Crippen LogP contribution in [0.5, 0.6) is 0 Å². The maximum atomic E-state index is 4.37. The van der Waals surface area contributed by atoms with Crippen LogP contribution in [-0.2, 0) is 6.54 Å². The first-order valence-electron chi connectivity index (χ1n) is 7.76. The average Bonchev–Trinajstić information content (AvgIpc) is 2.46. The summed E-state index contributed by atoms with van der Waals surface area (Å²) in [6.45, 7) is 6.60. The van der Waals surface area contributed by atoms with E-state index in [2.05, 4.69) is 53.3 Å². The van der Waals surface area contributed by atoms with Crippen LogP contribution in [0.15, 0.2) is 18.3 Å². The molecule has 0 bridgehead atoms. The van der Waals surface area contributed by atoms with E-state index >= 15 is 0 Å². The summed E-state index contributed by atoms with van der Waals surface area (Å²) in [6, 6.07) is 5.02. The van der Waals surface area contributed by atoms with Crippen molar-refractivity contribution in [3.8, 4) is 0 Å². The lowest BCUT2D eigenvalue weighted by Gasteiger charge is -2.35. The van der Waals surface area contributed by atoms with Gasteiger partial charge in [0.05, 0.1) is 0 Å². The molecule has 1 aliphatic heterocycles. The lowest BCUT2D eigenvalue weighted by Crippen LogP contribution is -2.41. The van der Waals surface area contributed by atoms with E-state index < -0.39 is 0 Å². The number of hydrogen-bond acceptors (Lipinski definition) is 4. The van der Waals surface area contributed by atoms with Gasteiger partial charge in [-0.25, -0.2) is 4.98 Å². The molecule has 112 valence electrons. The van der Waals surface area contributed by atoms with E-state index in [0.29, 0.717) is 6.04 Å². The van der Waals surface area contributed by atoms with Gasteiger partial charge in [-0.3, -0.25) is 4.90 Å². The third kappa shape index (κ3) is 4.46. The van der Waals surface area contributed by atoms with Crippen LogP contribution in [0, 0.1) is 0 Å². The first kappa shape index (κ1) is 15.3. The van der Waals surface area contributed by atoms with Gasteiger partial charge < -0.3 is 10.2 Å². The Morgan fingerprint density at radius 2 is 2.15 bits per heavy atom. The Morgan fingerprint density at radius 1 is 1.40 bits per heavy atom. The highest BCUT2D eigenvalue weighted by atomic mass is 15.2. The summed E-state index contributed by atoms with van der Waals surface area (Å²) in [7, 11) is 4.46. The third-order valence-electron chi connectivity index (χ3n) is 4.12. The Bertz CT molecular complexity index is 399. The molecule has 2 heterocycles. The molecule has 0 radical (unpaired) electrons. The van der Waals surface area contributed by atoms with Gasteiger partial charge in [-0.1, -0.05) is 6.92 Å². The van der Waals surface area contributed by atoms with Crippen molar-refractivity contribution in [3.63, 3.8) is 0 Å². The summed E-state index contributed by atoms with van der Waals surface area (Å²) in [5.41, 5.74) is 1.35. The fraction of sp³-hybridized carbons (Fsp3) is 0.688. The van der Waals surface area contributed by atoms with E-state index in [-0.39, 0.29) is 0 Å². The second kappa shape index (κ2) is 7.60. The van der Waals surface area contributed by atoms with Gasteiger partial charge in [0.2, 0.25) is 0 Å². The summed E-state index contributed by atoms with van der Waals surface area (Å²) >= 11 is 0. The SMILES string of the molecule is CCCNc1cc(CN(C)C2CCN(C)CC2)ccn1. The van der Waals surface area contributed by atoms with Gasteiger partial charge >= 0.3 is 0 Å². The first-order valence-corrected chi connectivity index (χ1v) is 7.76. The Labute approximate surface area is 123 Å². The molecule has 20 heavy (non-hydrogen) atoms. The lowest BCUT2D eigenvalue weighted by atomic mass is 10.0. The molecule has 2 rings (SSSR count). The number of hydrogen-bond donors (Lipinski definition) is 1. The molecule has 0 saturated carbocycles. The van der Waals surface area contributed by atoms with Crippen LogP contribution < -0.4 is 5.32 Å². The maximum absolute atomic E-state index is 4.37. The Kier molecular flexibility index (Phi) is 5.80. The topological polar surface area (TPSA) is 31.4 Å². The van der Waals surface area contributed by atoms with Crippen LogP contribution in [0.3, 0.4) is 0 Å². The highest BCUT2D eigenvalue weighted by molar-refractivity contribution is 5.37. The number of likely N-dealkylation sites (tertiary alicyclic amines) is 1. The quantitative estimate of drug-likeness (QED) is 0.864. The molecule has 0 aromatic carbocycles. The molecule has 1 aromatic rings. The molecule has 1 fully saturated rings. The predicted molar refractivity (Wildman–Crippen MR) is 85.0 cm³/mol. The minimum Gasteiger partial charge on any atom is -0.370 e. The molecule has 1 saturated heterocycles. The van der Waals surface area contributed by atoms with Crippen LogP contribution in [0.2, 0.25) is 0 Å². The van der Waals surface area contributed by atoms with Crippen molar-refractivity contribution >= 4 is 5.82 Å². The fourth-order valence-corrected chi connectivity index (χ4v) is 2.78. The highest BCUT2D eigenvalue weighted by Gasteiger charge is 2.20. The van der Waals surface area contributed by atoms with Crippen LogP contribution in [0.4, 0.5) is 5.82 Å². The van der Waals surface area contributed by atoms with Gasteiger partial charge in [-0.2, -0.15) is 0 Å². The summed E-state index contributed by atoms with van der Waals surface area (Å²) in [5.74, 6) is 1.00. The number of nitrogens with one attached hydrogen (secondary N) is 1. The molecule has 4 heteroatoms. The average molecular weight is 276 g/mol. The number of aromatic nitrogens is 1. The van der Waals surface area contributed by atoms with Gasteiger partial charge in [0.1, 0.15) is 5.82 Å². The second-order valence-corrected chi connectivity index (χ2v) is 5.93. The molecule has 4 nitrogen and oxygen atoms in total. The monoisotopic (exact) mass is 276 g/mol. The molecule has 1 aliphatic rings. The molecule has 1 N–H and O–H groups in total. The van der Waals surface area contributed by atoms with Gasteiger partial charge in [0.25, 0.3) is 0 Å². The van der Waals surface area contributed by atoms with Crippen molar-refractivity contribution in [3.05, 3.63) is 23.9 Å². The summed E-state index contributed by atoms with van der Waals surface area (Å²) < 4.78 is 0. The van der Waals surface area contributed by atoms with Crippen LogP contribution in [0.25, 0.3) is 0 Å². The van der Waals surface area contributed by atoms with Crippen LogP contribution in [0.1, 0.15) is 31.7 Å². The zero-order chi connectivity index (χ0) is 14.4. The minimum absolute atomic E-state index is 0.714. The van der Waals surface area contributed by atoms with Gasteiger partial charge in [-0.05, 0) is 64.1 Å². The van der Waals surface area contributed by atoms with Crippen LogP contribution >= 0.6 is 0 Å². The largest absolute Gasteiger partial charge is 0.370 e. The van der Waals surface area contributed by atoms with E-state index in [9.17, 15) is 0 Å². The Morgan fingerprint density at radius 3 is 2.85 bits per heavy atom. The Balaban J connectivity index is 1.88. The van der Waals surface area contributed by atoms with Crippen molar-refractivity contribution in [2.45, 2.75) is 38.8 Å². The third-order valence-corrected chi connectivity index (χ3v) is 4.12. The molecule has 1 aromatic heterocycles. The van der Waals surface area contributed by atoms with Gasteiger partial charge in [-0.15, -0.1) is 0 Å². The summed E-state index contributed by atoms with van der Waals surface area (Å²) in [6.07, 6.45) is 5.59. The standard InChI is InChI=1S/C16H28N4/c1-4-8-17-16-12-14(5-9-18-16)13-20(3)15-6-10-19(2)11-7-15/h5,9,12,15H,4,6-8,10-11,13H2,1-3H3,(H,17,18). The van der Waals surface area contributed by atoms with Crippen LogP contribution in [-0.4, -0.2) is 54.6 Å². The number of nitrogens with zero attached hydrogens (tertiary/aromatic N) is 3. The number of rotatable bonds is 6. The molecular weight excluding hydrogens is 248 g/mol. The minimum atomic E-state index is 0.714. The molecule has 0 spiro atoms. The highest BCUT2D eigenvalue weighted by Crippen LogP contribution is 2.17. The zero-order valence-corrected chi connectivity index (χ0v) is 13.1. The zero-order valence-electron chi connectivity index (χ0n) is 13.1. The summed E-state index contributed by atoms with van der Waals surface area (Å²) in [5, 5.41) is 3.36. The van der Waals surface area contributed by atoms with E-state index in [4.69, 9.17) is 0 Å². The first-order chi connectivity index (χ1) is 9.69. The van der Waals surface area contributed by atoms with Crippen molar-refractivity contribution in [2.24, 2.45) is 0 Å². The van der Waals surface area contributed by atoms with E-state index in [0.717, 1.165) is 25.3 Å². The molecule has 0 atom stereocenters. The van der Waals surface area contributed by atoms with Crippen molar-refractivity contribution in [1.82, 2.24) is 14.8 Å². The molecule has 0 unspecified atom stereocenters. The van der Waals surface area contributed by atoms with Crippen molar-refractivity contribution in [2.75, 3.05) is 39.0 Å². The van der Waals surface area contributed by atoms with Crippen molar-refractivity contribution < 1.29 is 0 Å².